The molecule has 1 amide bonds. The smallest absolute Gasteiger partial charge is 0.244 e. The maximum Gasteiger partial charge on any atom is 0.244 e. The summed E-state index contributed by atoms with van der Waals surface area (Å²) in [7, 11) is -3.76. The molecule has 0 aliphatic carbocycles. The van der Waals surface area contributed by atoms with E-state index in [1.807, 2.05) is 25.1 Å². The summed E-state index contributed by atoms with van der Waals surface area (Å²) in [5.41, 5.74) is 2.32. The van der Waals surface area contributed by atoms with Crippen LogP contribution in [0.15, 0.2) is 41.3 Å². The summed E-state index contributed by atoms with van der Waals surface area (Å²) in [4.78, 5) is 12.3. The van der Waals surface area contributed by atoms with E-state index in [4.69, 9.17) is 27.9 Å². The van der Waals surface area contributed by atoms with Gasteiger partial charge in [0, 0.05) is 30.2 Å². The molecule has 6 nitrogen and oxygen atoms in total. The third kappa shape index (κ3) is 5.49. The van der Waals surface area contributed by atoms with Gasteiger partial charge in [-0.15, -0.1) is 0 Å². The van der Waals surface area contributed by atoms with Crippen LogP contribution in [0.4, 0.5) is 5.69 Å². The van der Waals surface area contributed by atoms with Crippen LogP contribution in [0.2, 0.25) is 10.0 Å². The molecule has 9 heteroatoms. The molecule has 0 radical (unpaired) electrons. The number of hydrogen-bond donors (Lipinski definition) is 1. The first-order valence-corrected chi connectivity index (χ1v) is 11.4. The lowest BCUT2D eigenvalue weighted by Crippen LogP contribution is -2.40. The van der Waals surface area contributed by atoms with Gasteiger partial charge in [0.2, 0.25) is 15.9 Å². The normalized spacial score (nSPS) is 15.3. The van der Waals surface area contributed by atoms with Gasteiger partial charge < -0.3 is 10.1 Å². The molecule has 3 rings (SSSR count). The molecule has 0 atom stereocenters. The van der Waals surface area contributed by atoms with E-state index in [1.54, 1.807) is 6.07 Å². The van der Waals surface area contributed by atoms with E-state index >= 15 is 0 Å². The zero-order valence-electron chi connectivity index (χ0n) is 16.0. The molecular weight excluding hydrogens is 435 g/mol. The van der Waals surface area contributed by atoms with Crippen molar-refractivity contribution in [1.82, 2.24) is 4.31 Å². The van der Waals surface area contributed by atoms with Crippen LogP contribution in [0.1, 0.15) is 17.5 Å². The van der Waals surface area contributed by atoms with Crippen LogP contribution in [0.3, 0.4) is 0 Å². The number of ether oxygens (including phenoxy) is 1. The Morgan fingerprint density at radius 1 is 1.10 bits per heavy atom. The van der Waals surface area contributed by atoms with E-state index < -0.39 is 10.0 Å². The van der Waals surface area contributed by atoms with Gasteiger partial charge in [0.25, 0.3) is 0 Å². The minimum absolute atomic E-state index is 0.0239. The quantitative estimate of drug-likeness (QED) is 0.714. The number of halogens is 2. The van der Waals surface area contributed by atoms with E-state index in [0.717, 1.165) is 11.1 Å². The fourth-order valence-corrected chi connectivity index (χ4v) is 5.09. The third-order valence-corrected chi connectivity index (χ3v) is 7.47. The molecule has 2 aromatic carbocycles. The highest BCUT2D eigenvalue weighted by Crippen LogP contribution is 2.28. The van der Waals surface area contributed by atoms with Gasteiger partial charge in [-0.05, 0) is 48.7 Å². The molecule has 0 unspecified atom stereocenters. The second kappa shape index (κ2) is 9.45. The lowest BCUT2D eigenvalue weighted by Gasteiger charge is -2.26. The minimum atomic E-state index is -3.76. The van der Waals surface area contributed by atoms with Gasteiger partial charge >= 0.3 is 0 Å². The minimum Gasteiger partial charge on any atom is -0.379 e. The van der Waals surface area contributed by atoms with Crippen molar-refractivity contribution < 1.29 is 17.9 Å². The SMILES string of the molecule is Cc1ccc(CCC(=O)Nc2ccc(Cl)c(S(=O)(=O)N3CCOCC3)c2)cc1Cl. The number of carbonyl (C=O) groups excluding carboxylic acids is 1. The van der Waals surface area contributed by atoms with Gasteiger partial charge in [0.1, 0.15) is 4.90 Å². The van der Waals surface area contributed by atoms with Gasteiger partial charge in [0.05, 0.1) is 18.2 Å². The molecule has 1 saturated heterocycles. The number of hydrogen-bond acceptors (Lipinski definition) is 4. The molecule has 0 aromatic heterocycles. The Bertz CT molecular complexity index is 1010. The van der Waals surface area contributed by atoms with Gasteiger partial charge in [-0.25, -0.2) is 8.42 Å². The summed E-state index contributed by atoms with van der Waals surface area (Å²) in [6, 6.07) is 10.2. The predicted molar refractivity (Wildman–Crippen MR) is 114 cm³/mol. The average molecular weight is 457 g/mol. The number of amides is 1. The van der Waals surface area contributed by atoms with E-state index in [2.05, 4.69) is 5.32 Å². The monoisotopic (exact) mass is 456 g/mol. The summed E-state index contributed by atoms with van der Waals surface area (Å²) >= 11 is 12.3. The molecular formula is C20H22Cl2N2O4S. The fourth-order valence-electron chi connectivity index (χ4n) is 2.98. The number of morpholine rings is 1. The van der Waals surface area contributed by atoms with Crippen LogP contribution in [0.25, 0.3) is 0 Å². The lowest BCUT2D eigenvalue weighted by molar-refractivity contribution is -0.116. The Kier molecular flexibility index (Phi) is 7.19. The van der Waals surface area contributed by atoms with Crippen molar-refractivity contribution in [3.8, 4) is 0 Å². The fraction of sp³-hybridized carbons (Fsp3) is 0.350. The van der Waals surface area contributed by atoms with Gasteiger partial charge in [-0.3, -0.25) is 4.79 Å². The Hall–Kier alpha value is -1.64. The molecule has 156 valence electrons. The number of carbonyl (C=O) groups is 1. The Morgan fingerprint density at radius 3 is 2.52 bits per heavy atom. The summed E-state index contributed by atoms with van der Waals surface area (Å²) in [5.74, 6) is -0.223. The van der Waals surface area contributed by atoms with Crippen LogP contribution in [-0.2, 0) is 26.0 Å². The van der Waals surface area contributed by atoms with E-state index in [-0.39, 0.29) is 35.3 Å². The maximum absolute atomic E-state index is 12.9. The Balaban J connectivity index is 1.68. The van der Waals surface area contributed by atoms with Crippen molar-refractivity contribution in [2.24, 2.45) is 0 Å². The highest BCUT2D eigenvalue weighted by molar-refractivity contribution is 7.89. The second-order valence-corrected chi connectivity index (χ2v) is 9.51. The first-order valence-electron chi connectivity index (χ1n) is 9.20. The second-order valence-electron chi connectivity index (χ2n) is 6.79. The van der Waals surface area contributed by atoms with Crippen LogP contribution >= 0.6 is 23.2 Å². The maximum atomic E-state index is 12.9. The molecule has 0 spiro atoms. The molecule has 1 aliphatic heterocycles. The highest BCUT2D eigenvalue weighted by atomic mass is 35.5. The number of anilines is 1. The molecule has 2 aromatic rings. The molecule has 1 fully saturated rings. The molecule has 29 heavy (non-hydrogen) atoms. The first-order chi connectivity index (χ1) is 13.8. The predicted octanol–water partition coefficient (Wildman–Crippen LogP) is 3.89. The average Bonchev–Trinajstić information content (AvgIpc) is 2.71. The van der Waals surface area contributed by atoms with Crippen molar-refractivity contribution in [3.05, 3.63) is 57.6 Å². The molecule has 1 heterocycles. The first kappa shape index (κ1) is 22.1. The van der Waals surface area contributed by atoms with Crippen molar-refractivity contribution >= 4 is 44.8 Å². The van der Waals surface area contributed by atoms with Crippen LogP contribution in [-0.4, -0.2) is 44.9 Å². The Morgan fingerprint density at radius 2 is 1.83 bits per heavy atom. The number of rotatable bonds is 6. The summed E-state index contributed by atoms with van der Waals surface area (Å²) < 4.78 is 32.3. The van der Waals surface area contributed by atoms with Crippen LogP contribution < -0.4 is 5.32 Å². The number of benzene rings is 2. The number of nitrogens with zero attached hydrogens (tertiary/aromatic N) is 1. The summed E-state index contributed by atoms with van der Waals surface area (Å²) in [6.07, 6.45) is 0.770. The standard InChI is InChI=1S/C20H22Cl2N2O4S/c1-14-2-3-15(12-18(14)22)4-7-20(25)23-16-5-6-17(21)19(13-16)29(26,27)24-8-10-28-11-9-24/h2-3,5-6,12-13H,4,7-11H2,1H3,(H,23,25). The number of nitrogens with one attached hydrogen (secondary N) is 1. The molecule has 0 saturated carbocycles. The molecule has 1 aliphatic rings. The Labute approximate surface area is 180 Å². The van der Waals surface area contributed by atoms with Gasteiger partial charge in [-0.1, -0.05) is 35.3 Å². The molecule has 0 bridgehead atoms. The molecule has 1 N–H and O–H groups in total. The van der Waals surface area contributed by atoms with Crippen molar-refractivity contribution in [2.45, 2.75) is 24.7 Å². The van der Waals surface area contributed by atoms with Gasteiger partial charge in [-0.2, -0.15) is 4.31 Å². The van der Waals surface area contributed by atoms with Crippen LogP contribution in [0.5, 0.6) is 0 Å². The van der Waals surface area contributed by atoms with Gasteiger partial charge in [0.15, 0.2) is 0 Å². The highest BCUT2D eigenvalue weighted by Gasteiger charge is 2.28. The zero-order valence-corrected chi connectivity index (χ0v) is 18.3. The summed E-state index contributed by atoms with van der Waals surface area (Å²) in [5, 5.41) is 3.52. The van der Waals surface area contributed by atoms with Crippen molar-refractivity contribution in [3.63, 3.8) is 0 Å². The topological polar surface area (TPSA) is 75.7 Å². The van der Waals surface area contributed by atoms with Crippen LogP contribution in [0, 0.1) is 6.92 Å². The largest absolute Gasteiger partial charge is 0.379 e. The number of aryl methyl sites for hydroxylation is 2. The van der Waals surface area contributed by atoms with E-state index in [1.165, 1.54) is 16.4 Å². The van der Waals surface area contributed by atoms with Crippen molar-refractivity contribution in [2.75, 3.05) is 31.6 Å². The number of sulfonamides is 1. The zero-order chi connectivity index (χ0) is 21.0. The van der Waals surface area contributed by atoms with Crippen molar-refractivity contribution in [1.29, 1.82) is 0 Å². The summed E-state index contributed by atoms with van der Waals surface area (Å²) in [6.45, 7) is 3.15. The van der Waals surface area contributed by atoms with E-state index in [9.17, 15) is 13.2 Å². The lowest BCUT2D eigenvalue weighted by atomic mass is 10.1. The van der Waals surface area contributed by atoms with E-state index in [0.29, 0.717) is 30.3 Å². The third-order valence-electron chi connectivity index (χ3n) is 4.68.